The summed E-state index contributed by atoms with van der Waals surface area (Å²) in [4.78, 5) is 10.6. The van der Waals surface area contributed by atoms with Crippen molar-refractivity contribution in [2.45, 2.75) is 0 Å². The van der Waals surface area contributed by atoms with Gasteiger partial charge < -0.3 is 10.8 Å². The van der Waals surface area contributed by atoms with Gasteiger partial charge >= 0.3 is 5.97 Å². The lowest BCUT2D eigenvalue weighted by molar-refractivity contribution is 0.0696. The number of nitrogen functional groups attached to an aromatic ring is 1. The Hall–Kier alpha value is -1.73. The zero-order valence-corrected chi connectivity index (χ0v) is 7.17. The van der Waals surface area contributed by atoms with E-state index in [0.29, 0.717) is 0 Å². The van der Waals surface area contributed by atoms with Gasteiger partial charge in [0.05, 0.1) is 21.8 Å². The smallest absolute Gasteiger partial charge is 0.337 e. The molecule has 0 spiro atoms. The summed E-state index contributed by atoms with van der Waals surface area (Å²) in [6, 6.07) is 4.13. The third kappa shape index (κ3) is 1.71. The Morgan fingerprint density at radius 1 is 1.62 bits per heavy atom. The van der Waals surface area contributed by atoms with Crippen molar-refractivity contribution in [1.82, 2.24) is 0 Å². The first kappa shape index (κ1) is 9.36. The molecule has 0 aromatic heterocycles. The molecule has 0 aliphatic rings. The van der Waals surface area contributed by atoms with E-state index in [1.807, 2.05) is 0 Å². The van der Waals surface area contributed by atoms with Crippen LogP contribution < -0.4 is 5.73 Å². The van der Waals surface area contributed by atoms with Gasteiger partial charge in [0, 0.05) is 0 Å². The zero-order valence-electron chi connectivity index (χ0n) is 6.41. The normalized spacial score (nSPS) is 9.23. The first-order chi connectivity index (χ1) is 6.06. The minimum atomic E-state index is -1.19. The molecule has 0 heterocycles. The Bertz CT molecular complexity index is 409. The maximum atomic E-state index is 10.6. The quantitative estimate of drug-likeness (QED) is 0.667. The lowest BCUT2D eigenvalue weighted by Gasteiger charge is -2.01. The van der Waals surface area contributed by atoms with Crippen molar-refractivity contribution in [3.05, 3.63) is 28.3 Å². The van der Waals surface area contributed by atoms with E-state index < -0.39 is 5.97 Å². The molecule has 0 aliphatic carbocycles. The first-order valence-electron chi connectivity index (χ1n) is 3.28. The summed E-state index contributed by atoms with van der Waals surface area (Å²) in [7, 11) is 0. The molecular formula is C8H5ClN2O2. The van der Waals surface area contributed by atoms with Crippen LogP contribution >= 0.6 is 11.6 Å². The van der Waals surface area contributed by atoms with Gasteiger partial charge in [-0.3, -0.25) is 0 Å². The zero-order chi connectivity index (χ0) is 10.0. The van der Waals surface area contributed by atoms with Crippen LogP contribution in [0.15, 0.2) is 12.1 Å². The number of benzene rings is 1. The Balaban J connectivity index is 3.44. The molecule has 13 heavy (non-hydrogen) atoms. The van der Waals surface area contributed by atoms with Gasteiger partial charge in [0.25, 0.3) is 0 Å². The molecule has 0 unspecified atom stereocenters. The Kier molecular flexibility index (Phi) is 2.40. The third-order valence-electron chi connectivity index (χ3n) is 1.49. The van der Waals surface area contributed by atoms with E-state index in [4.69, 9.17) is 27.7 Å². The highest BCUT2D eigenvalue weighted by Gasteiger charge is 2.12. The van der Waals surface area contributed by atoms with Crippen LogP contribution in [0.2, 0.25) is 5.02 Å². The van der Waals surface area contributed by atoms with Crippen LogP contribution in [0.25, 0.3) is 0 Å². The van der Waals surface area contributed by atoms with Gasteiger partial charge in [0.1, 0.15) is 6.07 Å². The van der Waals surface area contributed by atoms with E-state index in [-0.39, 0.29) is 21.8 Å². The number of rotatable bonds is 1. The van der Waals surface area contributed by atoms with Crippen LogP contribution in [-0.4, -0.2) is 11.1 Å². The number of nitrogens with two attached hydrogens (primary N) is 1. The topological polar surface area (TPSA) is 87.1 Å². The van der Waals surface area contributed by atoms with Gasteiger partial charge in [-0.2, -0.15) is 5.26 Å². The highest BCUT2D eigenvalue weighted by molar-refractivity contribution is 6.33. The fourth-order valence-corrected chi connectivity index (χ4v) is 1.02. The van der Waals surface area contributed by atoms with Gasteiger partial charge in [-0.25, -0.2) is 4.79 Å². The fraction of sp³-hybridized carbons (Fsp3) is 0. The number of carbonyl (C=O) groups is 1. The number of nitriles is 1. The van der Waals surface area contributed by atoms with Crippen LogP contribution in [0.5, 0.6) is 0 Å². The number of anilines is 1. The Morgan fingerprint density at radius 2 is 2.23 bits per heavy atom. The van der Waals surface area contributed by atoms with Gasteiger partial charge in [0.15, 0.2) is 0 Å². The van der Waals surface area contributed by atoms with Crippen molar-refractivity contribution in [3.63, 3.8) is 0 Å². The minimum Gasteiger partial charge on any atom is -0.478 e. The summed E-state index contributed by atoms with van der Waals surface area (Å²) in [5.41, 5.74) is 5.40. The predicted octanol–water partition coefficient (Wildman–Crippen LogP) is 1.49. The molecule has 0 radical (unpaired) electrons. The van der Waals surface area contributed by atoms with Gasteiger partial charge in [-0.1, -0.05) is 11.6 Å². The van der Waals surface area contributed by atoms with E-state index >= 15 is 0 Å². The van der Waals surface area contributed by atoms with Crippen molar-refractivity contribution >= 4 is 23.3 Å². The second-order valence-corrected chi connectivity index (χ2v) is 2.74. The average Bonchev–Trinajstić information content (AvgIpc) is 2.08. The fourth-order valence-electron chi connectivity index (χ4n) is 0.859. The first-order valence-corrected chi connectivity index (χ1v) is 3.66. The lowest BCUT2D eigenvalue weighted by atomic mass is 10.1. The maximum Gasteiger partial charge on any atom is 0.337 e. The van der Waals surface area contributed by atoms with Crippen molar-refractivity contribution in [2.75, 3.05) is 5.73 Å². The van der Waals surface area contributed by atoms with E-state index in [2.05, 4.69) is 0 Å². The molecule has 1 aromatic carbocycles. The largest absolute Gasteiger partial charge is 0.478 e. The number of hydrogen-bond donors (Lipinski definition) is 2. The molecule has 1 rings (SSSR count). The molecule has 3 N–H and O–H groups in total. The highest BCUT2D eigenvalue weighted by Crippen LogP contribution is 2.23. The van der Waals surface area contributed by atoms with Crippen LogP contribution in [0.4, 0.5) is 5.69 Å². The van der Waals surface area contributed by atoms with Crippen LogP contribution in [-0.2, 0) is 0 Å². The molecule has 1 aromatic rings. The molecule has 0 saturated heterocycles. The second-order valence-electron chi connectivity index (χ2n) is 2.34. The maximum absolute atomic E-state index is 10.6. The molecule has 0 bridgehead atoms. The summed E-state index contributed by atoms with van der Waals surface area (Å²) in [5, 5.41) is 17.4. The second kappa shape index (κ2) is 3.33. The summed E-state index contributed by atoms with van der Waals surface area (Å²) in [5.74, 6) is -1.19. The number of carboxylic acids is 1. The molecule has 4 nitrogen and oxygen atoms in total. The summed E-state index contributed by atoms with van der Waals surface area (Å²) < 4.78 is 0. The lowest BCUT2D eigenvalue weighted by Crippen LogP contribution is -2.02. The van der Waals surface area contributed by atoms with Crippen LogP contribution in [0, 0.1) is 11.3 Å². The van der Waals surface area contributed by atoms with E-state index in [1.54, 1.807) is 6.07 Å². The van der Waals surface area contributed by atoms with E-state index in [9.17, 15) is 4.79 Å². The monoisotopic (exact) mass is 196 g/mol. The van der Waals surface area contributed by atoms with Crippen molar-refractivity contribution < 1.29 is 9.90 Å². The molecule has 0 fully saturated rings. The minimum absolute atomic E-state index is 0.00620. The van der Waals surface area contributed by atoms with E-state index in [1.165, 1.54) is 12.1 Å². The van der Waals surface area contributed by atoms with Gasteiger partial charge in [-0.15, -0.1) is 0 Å². The SMILES string of the molecule is N#Cc1cc(Cl)c(N)cc1C(=O)O. The van der Waals surface area contributed by atoms with Gasteiger partial charge in [0.2, 0.25) is 0 Å². The number of aromatic carboxylic acids is 1. The van der Waals surface area contributed by atoms with Crippen molar-refractivity contribution in [1.29, 1.82) is 5.26 Å². The Labute approximate surface area is 79.2 Å². The molecule has 0 saturated carbocycles. The average molecular weight is 197 g/mol. The molecular weight excluding hydrogens is 192 g/mol. The number of nitrogens with zero attached hydrogens (tertiary/aromatic N) is 1. The summed E-state index contributed by atoms with van der Waals surface area (Å²) >= 11 is 5.60. The van der Waals surface area contributed by atoms with Crippen LogP contribution in [0.1, 0.15) is 15.9 Å². The molecule has 0 aliphatic heterocycles. The molecule has 0 atom stereocenters. The van der Waals surface area contributed by atoms with Gasteiger partial charge in [-0.05, 0) is 12.1 Å². The highest BCUT2D eigenvalue weighted by atomic mass is 35.5. The molecule has 0 amide bonds. The predicted molar refractivity (Wildman–Crippen MR) is 47.5 cm³/mol. The summed E-state index contributed by atoms with van der Waals surface area (Å²) in [6.07, 6.45) is 0. The molecule has 66 valence electrons. The van der Waals surface area contributed by atoms with Crippen LogP contribution in [0.3, 0.4) is 0 Å². The van der Waals surface area contributed by atoms with Crippen molar-refractivity contribution in [3.8, 4) is 6.07 Å². The number of halogens is 1. The third-order valence-corrected chi connectivity index (χ3v) is 1.82. The number of carboxylic acid groups (broad SMARTS) is 1. The summed E-state index contributed by atoms with van der Waals surface area (Å²) in [6.45, 7) is 0. The standard InChI is InChI=1S/C8H5ClN2O2/c9-6-1-4(3-10)5(8(12)13)2-7(6)11/h1-2H,11H2,(H,12,13). The molecule has 5 heteroatoms. The van der Waals surface area contributed by atoms with E-state index in [0.717, 1.165) is 0 Å². The Morgan fingerprint density at radius 3 is 2.69 bits per heavy atom. The van der Waals surface area contributed by atoms with Crippen molar-refractivity contribution in [2.24, 2.45) is 0 Å². The number of hydrogen-bond acceptors (Lipinski definition) is 3.